The van der Waals surface area contributed by atoms with E-state index in [1.807, 2.05) is 0 Å². The van der Waals surface area contributed by atoms with Crippen molar-refractivity contribution in [1.82, 2.24) is 4.90 Å². The maximum Gasteiger partial charge on any atom is 0.516 e. The SMILES string of the molecule is O=C1OCCN1Cc1ccccc1NS(=O)(=O)C(F)(F)F. The molecule has 2 rings (SSSR count). The van der Waals surface area contributed by atoms with Gasteiger partial charge < -0.3 is 9.64 Å². The first-order valence-electron chi connectivity index (χ1n) is 5.79. The molecule has 0 spiro atoms. The molecule has 0 unspecified atom stereocenters. The minimum absolute atomic E-state index is 0.0462. The zero-order chi connectivity index (χ0) is 15.7. The van der Waals surface area contributed by atoms with E-state index in [1.54, 1.807) is 0 Å². The third-order valence-electron chi connectivity index (χ3n) is 2.77. The van der Waals surface area contributed by atoms with Crippen molar-refractivity contribution in [2.45, 2.75) is 12.1 Å². The van der Waals surface area contributed by atoms with Gasteiger partial charge in [0.15, 0.2) is 0 Å². The van der Waals surface area contributed by atoms with Crippen LogP contribution >= 0.6 is 0 Å². The largest absolute Gasteiger partial charge is 0.516 e. The molecule has 1 fully saturated rings. The van der Waals surface area contributed by atoms with Crippen molar-refractivity contribution < 1.29 is 31.1 Å². The van der Waals surface area contributed by atoms with Crippen molar-refractivity contribution in [3.8, 4) is 0 Å². The number of anilines is 1. The van der Waals surface area contributed by atoms with Crippen LogP contribution in [-0.2, 0) is 21.3 Å². The van der Waals surface area contributed by atoms with E-state index in [9.17, 15) is 26.4 Å². The Morgan fingerprint density at radius 1 is 1.29 bits per heavy atom. The summed E-state index contributed by atoms with van der Waals surface area (Å²) in [6.07, 6.45) is -0.594. The van der Waals surface area contributed by atoms with Crippen LogP contribution < -0.4 is 4.72 Å². The van der Waals surface area contributed by atoms with Gasteiger partial charge in [0.1, 0.15) is 6.61 Å². The number of rotatable bonds is 4. The second-order valence-electron chi connectivity index (χ2n) is 4.24. The van der Waals surface area contributed by atoms with Gasteiger partial charge in [0.25, 0.3) is 0 Å². The number of hydrogen-bond donors (Lipinski definition) is 1. The number of alkyl halides is 3. The topological polar surface area (TPSA) is 75.7 Å². The molecule has 21 heavy (non-hydrogen) atoms. The number of cyclic esters (lactones) is 1. The number of hydrogen-bond acceptors (Lipinski definition) is 4. The maximum absolute atomic E-state index is 12.4. The van der Waals surface area contributed by atoms with Crippen LogP contribution in [0.3, 0.4) is 0 Å². The first-order chi connectivity index (χ1) is 9.71. The Hall–Kier alpha value is -1.97. The molecule has 0 aliphatic carbocycles. The van der Waals surface area contributed by atoms with E-state index >= 15 is 0 Å². The second-order valence-corrected chi connectivity index (χ2v) is 5.92. The minimum Gasteiger partial charge on any atom is -0.448 e. The number of benzene rings is 1. The molecule has 1 aliphatic rings. The predicted molar refractivity (Wildman–Crippen MR) is 66.8 cm³/mol. The highest BCUT2D eigenvalue weighted by molar-refractivity contribution is 7.93. The minimum atomic E-state index is -5.51. The van der Waals surface area contributed by atoms with Crippen LogP contribution in [0, 0.1) is 0 Å². The zero-order valence-corrected chi connectivity index (χ0v) is 11.4. The molecular weight excluding hydrogens is 313 g/mol. The normalized spacial score (nSPS) is 16.0. The van der Waals surface area contributed by atoms with Gasteiger partial charge in [-0.05, 0) is 11.6 Å². The summed E-state index contributed by atoms with van der Waals surface area (Å²) in [4.78, 5) is 12.6. The van der Waals surface area contributed by atoms with Crippen molar-refractivity contribution in [3.63, 3.8) is 0 Å². The van der Waals surface area contributed by atoms with Gasteiger partial charge in [0.2, 0.25) is 0 Å². The van der Waals surface area contributed by atoms with Gasteiger partial charge in [-0.15, -0.1) is 0 Å². The molecule has 1 amide bonds. The molecule has 10 heteroatoms. The Kier molecular flexibility index (Phi) is 3.99. The number of nitrogens with one attached hydrogen (secondary N) is 1. The van der Waals surface area contributed by atoms with Crippen molar-refractivity contribution >= 4 is 21.8 Å². The number of halogens is 3. The van der Waals surface area contributed by atoms with Crippen LogP contribution in [0.1, 0.15) is 5.56 Å². The second kappa shape index (κ2) is 5.43. The lowest BCUT2D eigenvalue weighted by Crippen LogP contribution is -2.31. The molecule has 1 aliphatic heterocycles. The van der Waals surface area contributed by atoms with Gasteiger partial charge in [-0.25, -0.2) is 4.79 Å². The molecule has 0 saturated carbocycles. The summed E-state index contributed by atoms with van der Waals surface area (Å²) in [5, 5.41) is 0. The summed E-state index contributed by atoms with van der Waals surface area (Å²) in [7, 11) is -5.51. The van der Waals surface area contributed by atoms with Crippen LogP contribution in [0.5, 0.6) is 0 Å². The average molecular weight is 324 g/mol. The monoisotopic (exact) mass is 324 g/mol. The van der Waals surface area contributed by atoms with E-state index in [0.29, 0.717) is 6.54 Å². The van der Waals surface area contributed by atoms with E-state index < -0.39 is 21.6 Å². The quantitative estimate of drug-likeness (QED) is 0.918. The Balaban J connectivity index is 2.23. The molecule has 0 aromatic heterocycles. The molecular formula is C11H11F3N2O4S. The lowest BCUT2D eigenvalue weighted by Gasteiger charge is -2.17. The number of carbonyl (C=O) groups excluding carboxylic acids is 1. The third kappa shape index (κ3) is 3.38. The highest BCUT2D eigenvalue weighted by Crippen LogP contribution is 2.27. The van der Waals surface area contributed by atoms with Crippen molar-refractivity contribution in [1.29, 1.82) is 0 Å². The van der Waals surface area contributed by atoms with Crippen LogP contribution in [0.2, 0.25) is 0 Å². The van der Waals surface area contributed by atoms with E-state index in [4.69, 9.17) is 4.74 Å². The first-order valence-corrected chi connectivity index (χ1v) is 7.28. The molecule has 1 N–H and O–H groups in total. The number of carbonyl (C=O) groups is 1. The molecule has 116 valence electrons. The number of para-hydroxylation sites is 1. The lowest BCUT2D eigenvalue weighted by molar-refractivity contribution is -0.0429. The van der Waals surface area contributed by atoms with E-state index in [1.165, 1.54) is 33.9 Å². The van der Waals surface area contributed by atoms with Crippen LogP contribution in [0.15, 0.2) is 24.3 Å². The Morgan fingerprint density at radius 3 is 2.52 bits per heavy atom. The number of ether oxygens (including phenoxy) is 1. The summed E-state index contributed by atoms with van der Waals surface area (Å²) in [5.74, 6) is 0. The lowest BCUT2D eigenvalue weighted by atomic mass is 10.2. The first kappa shape index (κ1) is 15.4. The van der Waals surface area contributed by atoms with Crippen molar-refractivity contribution in [2.75, 3.05) is 17.9 Å². The fraction of sp³-hybridized carbons (Fsp3) is 0.364. The smallest absolute Gasteiger partial charge is 0.448 e. The summed E-state index contributed by atoms with van der Waals surface area (Å²) in [6, 6.07) is 5.54. The van der Waals surface area contributed by atoms with Gasteiger partial charge in [-0.3, -0.25) is 4.72 Å². The Labute approximate surface area is 118 Å². The highest BCUT2D eigenvalue weighted by atomic mass is 32.2. The predicted octanol–water partition coefficient (Wildman–Crippen LogP) is 1.90. The summed E-state index contributed by atoms with van der Waals surface area (Å²) in [5.41, 5.74) is -5.40. The summed E-state index contributed by atoms with van der Waals surface area (Å²) >= 11 is 0. The van der Waals surface area contributed by atoms with E-state index in [0.717, 1.165) is 0 Å². The molecule has 1 heterocycles. The number of nitrogens with zero attached hydrogens (tertiary/aromatic N) is 1. The van der Waals surface area contributed by atoms with E-state index in [2.05, 4.69) is 0 Å². The molecule has 1 aromatic rings. The van der Waals surface area contributed by atoms with Gasteiger partial charge in [0.05, 0.1) is 18.8 Å². The van der Waals surface area contributed by atoms with Crippen LogP contribution in [0.4, 0.5) is 23.7 Å². The molecule has 0 radical (unpaired) electrons. The Bertz CT molecular complexity index is 645. The number of sulfonamides is 1. The highest BCUT2D eigenvalue weighted by Gasteiger charge is 2.46. The average Bonchev–Trinajstić information content (AvgIpc) is 2.76. The third-order valence-corrected chi connectivity index (χ3v) is 3.87. The van der Waals surface area contributed by atoms with E-state index in [-0.39, 0.29) is 24.4 Å². The molecule has 6 nitrogen and oxygen atoms in total. The van der Waals surface area contributed by atoms with Crippen LogP contribution in [-0.4, -0.2) is 38.1 Å². The van der Waals surface area contributed by atoms with Gasteiger partial charge in [0, 0.05) is 0 Å². The molecule has 0 atom stereocenters. The van der Waals surface area contributed by atoms with Gasteiger partial charge >= 0.3 is 21.6 Å². The molecule has 1 aromatic carbocycles. The molecule has 1 saturated heterocycles. The van der Waals surface area contributed by atoms with Crippen LogP contribution in [0.25, 0.3) is 0 Å². The van der Waals surface area contributed by atoms with Gasteiger partial charge in [-0.2, -0.15) is 21.6 Å². The summed E-state index contributed by atoms with van der Waals surface area (Å²) in [6.45, 7) is 0.434. The standard InChI is InChI=1S/C11H11F3N2O4S/c12-11(13,14)21(18,19)15-9-4-2-1-3-8(9)7-16-5-6-20-10(16)17/h1-4,15H,5-7H2. The van der Waals surface area contributed by atoms with Crippen molar-refractivity contribution in [3.05, 3.63) is 29.8 Å². The maximum atomic E-state index is 12.4. The fourth-order valence-corrected chi connectivity index (χ4v) is 2.34. The van der Waals surface area contributed by atoms with Gasteiger partial charge in [-0.1, -0.05) is 18.2 Å². The van der Waals surface area contributed by atoms with Crippen molar-refractivity contribution in [2.24, 2.45) is 0 Å². The zero-order valence-electron chi connectivity index (χ0n) is 10.6. The summed E-state index contributed by atoms with van der Waals surface area (Å²) < 4.78 is 65.6. The fourth-order valence-electron chi connectivity index (χ4n) is 1.74. The molecule has 0 bridgehead atoms. The Morgan fingerprint density at radius 2 is 1.95 bits per heavy atom. The number of amides is 1.